The second-order valence-electron chi connectivity index (χ2n) is 6.03. The highest BCUT2D eigenvalue weighted by atomic mass is 16.5. The van der Waals surface area contributed by atoms with Gasteiger partial charge < -0.3 is 19.7 Å². The van der Waals surface area contributed by atoms with E-state index >= 15 is 0 Å². The molecule has 1 saturated heterocycles. The van der Waals surface area contributed by atoms with Crippen molar-refractivity contribution in [3.63, 3.8) is 0 Å². The summed E-state index contributed by atoms with van der Waals surface area (Å²) in [5.41, 5.74) is 2.36. The zero-order valence-electron chi connectivity index (χ0n) is 14.6. The zero-order chi connectivity index (χ0) is 17.5. The van der Waals surface area contributed by atoms with Crippen LogP contribution >= 0.6 is 0 Å². The fraction of sp³-hybridized carbons (Fsp3) is 0.556. The maximum absolute atomic E-state index is 12.1. The monoisotopic (exact) mass is 334 g/mol. The predicted molar refractivity (Wildman–Crippen MR) is 90.9 cm³/mol. The molecule has 0 radical (unpaired) electrons. The lowest BCUT2D eigenvalue weighted by Gasteiger charge is -2.30. The minimum absolute atomic E-state index is 0.0965. The summed E-state index contributed by atoms with van der Waals surface area (Å²) >= 11 is 0. The summed E-state index contributed by atoms with van der Waals surface area (Å²) in [5, 5.41) is 2.75. The summed E-state index contributed by atoms with van der Waals surface area (Å²) in [6.45, 7) is 7.50. The van der Waals surface area contributed by atoms with Gasteiger partial charge in [-0.3, -0.25) is 4.79 Å². The number of carbonyl (C=O) groups excluding carboxylic acids is 2. The number of likely N-dealkylation sites (tertiary alicyclic amines) is 1. The Labute approximate surface area is 143 Å². The fourth-order valence-corrected chi connectivity index (χ4v) is 2.68. The Balaban J connectivity index is 1.72. The van der Waals surface area contributed by atoms with Crippen molar-refractivity contribution < 1.29 is 19.1 Å². The highest BCUT2D eigenvalue weighted by Gasteiger charge is 2.28. The molecule has 2 amide bonds. The average Bonchev–Trinajstić information content (AvgIpc) is 2.58. The Morgan fingerprint density at radius 1 is 1.21 bits per heavy atom. The molecule has 0 aliphatic carbocycles. The summed E-state index contributed by atoms with van der Waals surface area (Å²) in [4.78, 5) is 25.5. The van der Waals surface area contributed by atoms with Gasteiger partial charge in [0.15, 0.2) is 6.73 Å². The van der Waals surface area contributed by atoms with Gasteiger partial charge in [-0.25, -0.2) is 4.79 Å². The van der Waals surface area contributed by atoms with Crippen LogP contribution in [0.1, 0.15) is 30.9 Å². The largest absolute Gasteiger partial charge is 0.473 e. The standard InChI is InChI=1S/C18H26N2O4/c1-4-23-17(21)15-7-9-20(10-8-15)18(22)19-12-24-16-6-5-13(2)14(3)11-16/h5-6,11,15H,4,7-10,12H2,1-3H3,(H,19,22). The summed E-state index contributed by atoms with van der Waals surface area (Å²) < 4.78 is 10.6. The number of amides is 2. The Hall–Kier alpha value is -2.24. The van der Waals surface area contributed by atoms with E-state index in [-0.39, 0.29) is 24.6 Å². The minimum Gasteiger partial charge on any atom is -0.473 e. The molecular weight excluding hydrogens is 308 g/mol. The van der Waals surface area contributed by atoms with Crippen LogP contribution in [-0.4, -0.2) is 43.3 Å². The van der Waals surface area contributed by atoms with E-state index in [4.69, 9.17) is 9.47 Å². The molecule has 132 valence electrons. The first-order valence-corrected chi connectivity index (χ1v) is 8.40. The van der Waals surface area contributed by atoms with E-state index in [1.165, 1.54) is 5.56 Å². The Bertz CT molecular complexity index is 580. The molecule has 0 bridgehead atoms. The predicted octanol–water partition coefficient (Wildman–Crippen LogP) is 2.62. The summed E-state index contributed by atoms with van der Waals surface area (Å²) in [7, 11) is 0. The molecule has 1 aliphatic heterocycles. The van der Waals surface area contributed by atoms with Crippen LogP contribution in [-0.2, 0) is 9.53 Å². The minimum atomic E-state index is -0.166. The van der Waals surface area contributed by atoms with Gasteiger partial charge in [-0.15, -0.1) is 0 Å². The highest BCUT2D eigenvalue weighted by molar-refractivity contribution is 5.75. The smallest absolute Gasteiger partial charge is 0.320 e. The van der Waals surface area contributed by atoms with Crippen molar-refractivity contribution in [1.29, 1.82) is 0 Å². The van der Waals surface area contributed by atoms with Crippen molar-refractivity contribution in [2.75, 3.05) is 26.4 Å². The molecule has 1 N–H and O–H groups in total. The normalized spacial score (nSPS) is 15.0. The lowest BCUT2D eigenvalue weighted by Crippen LogP contribution is -2.46. The van der Waals surface area contributed by atoms with Crippen LogP contribution in [0.4, 0.5) is 4.79 Å². The Kier molecular flexibility index (Phi) is 6.46. The van der Waals surface area contributed by atoms with E-state index in [9.17, 15) is 9.59 Å². The number of urea groups is 1. The van der Waals surface area contributed by atoms with E-state index < -0.39 is 0 Å². The van der Waals surface area contributed by atoms with Crippen molar-refractivity contribution in [1.82, 2.24) is 10.2 Å². The molecule has 1 heterocycles. The van der Waals surface area contributed by atoms with Gasteiger partial charge in [0.05, 0.1) is 12.5 Å². The number of hydrogen-bond donors (Lipinski definition) is 1. The quantitative estimate of drug-likeness (QED) is 0.664. The van der Waals surface area contributed by atoms with Crippen LogP contribution in [0.3, 0.4) is 0 Å². The Morgan fingerprint density at radius 2 is 1.92 bits per heavy atom. The summed E-state index contributed by atoms with van der Waals surface area (Å²) in [5.74, 6) is 0.482. The van der Waals surface area contributed by atoms with Crippen molar-refractivity contribution in [2.45, 2.75) is 33.6 Å². The number of nitrogens with zero attached hydrogens (tertiary/aromatic N) is 1. The van der Waals surface area contributed by atoms with E-state index in [1.54, 1.807) is 11.8 Å². The Morgan fingerprint density at radius 3 is 2.54 bits per heavy atom. The molecule has 0 saturated carbocycles. The van der Waals surface area contributed by atoms with Crippen molar-refractivity contribution in [3.8, 4) is 5.75 Å². The molecule has 1 aliphatic rings. The molecule has 6 heteroatoms. The molecule has 2 rings (SSSR count). The number of benzene rings is 1. The first kappa shape index (κ1) is 18.1. The number of carbonyl (C=O) groups is 2. The third-order valence-corrected chi connectivity index (χ3v) is 4.34. The zero-order valence-corrected chi connectivity index (χ0v) is 14.6. The number of nitrogens with one attached hydrogen (secondary N) is 1. The van der Waals surface area contributed by atoms with Gasteiger partial charge in [-0.2, -0.15) is 0 Å². The van der Waals surface area contributed by atoms with Crippen molar-refractivity contribution in [2.24, 2.45) is 5.92 Å². The maximum atomic E-state index is 12.1. The van der Waals surface area contributed by atoms with Gasteiger partial charge in [0.1, 0.15) is 5.75 Å². The fourth-order valence-electron chi connectivity index (χ4n) is 2.68. The van der Waals surface area contributed by atoms with Gasteiger partial charge in [-0.05, 0) is 56.9 Å². The van der Waals surface area contributed by atoms with Crippen LogP contribution in [0, 0.1) is 19.8 Å². The van der Waals surface area contributed by atoms with Gasteiger partial charge in [-0.1, -0.05) is 6.07 Å². The number of hydrogen-bond acceptors (Lipinski definition) is 4. The summed E-state index contributed by atoms with van der Waals surface area (Å²) in [6.07, 6.45) is 1.29. The molecular formula is C18H26N2O4. The second-order valence-corrected chi connectivity index (χ2v) is 6.03. The van der Waals surface area contributed by atoms with Gasteiger partial charge in [0.25, 0.3) is 0 Å². The van der Waals surface area contributed by atoms with Crippen LogP contribution in [0.15, 0.2) is 18.2 Å². The molecule has 0 atom stereocenters. The first-order chi connectivity index (χ1) is 11.5. The first-order valence-electron chi connectivity index (χ1n) is 8.40. The van der Waals surface area contributed by atoms with Crippen LogP contribution in [0.5, 0.6) is 5.75 Å². The molecule has 6 nitrogen and oxygen atoms in total. The average molecular weight is 334 g/mol. The van der Waals surface area contributed by atoms with E-state index in [0.717, 1.165) is 11.3 Å². The number of piperidine rings is 1. The number of aryl methyl sites for hydroxylation is 2. The van der Waals surface area contributed by atoms with Gasteiger partial charge in [0, 0.05) is 13.1 Å². The third kappa shape index (κ3) is 4.88. The molecule has 0 aromatic heterocycles. The van der Waals surface area contributed by atoms with Gasteiger partial charge in [0.2, 0.25) is 0 Å². The van der Waals surface area contributed by atoms with Crippen molar-refractivity contribution >= 4 is 12.0 Å². The van der Waals surface area contributed by atoms with Crippen LogP contribution in [0.25, 0.3) is 0 Å². The van der Waals surface area contributed by atoms with E-state index in [0.29, 0.717) is 32.5 Å². The van der Waals surface area contributed by atoms with Gasteiger partial charge >= 0.3 is 12.0 Å². The summed E-state index contributed by atoms with van der Waals surface area (Å²) in [6, 6.07) is 5.67. The van der Waals surface area contributed by atoms with E-state index in [1.807, 2.05) is 32.0 Å². The molecule has 0 spiro atoms. The lowest BCUT2D eigenvalue weighted by atomic mass is 9.97. The molecule has 24 heavy (non-hydrogen) atoms. The van der Waals surface area contributed by atoms with Crippen LogP contribution in [0.2, 0.25) is 0 Å². The molecule has 0 unspecified atom stereocenters. The molecule has 1 aromatic carbocycles. The van der Waals surface area contributed by atoms with Crippen LogP contribution < -0.4 is 10.1 Å². The molecule has 1 aromatic rings. The number of esters is 1. The van der Waals surface area contributed by atoms with Crippen molar-refractivity contribution in [3.05, 3.63) is 29.3 Å². The lowest BCUT2D eigenvalue weighted by molar-refractivity contribution is -0.149. The number of rotatable bonds is 5. The second kappa shape index (κ2) is 8.57. The maximum Gasteiger partial charge on any atom is 0.320 e. The third-order valence-electron chi connectivity index (χ3n) is 4.34. The SMILES string of the molecule is CCOC(=O)C1CCN(C(=O)NCOc2ccc(C)c(C)c2)CC1. The highest BCUT2D eigenvalue weighted by Crippen LogP contribution is 2.19. The topological polar surface area (TPSA) is 67.9 Å². The molecule has 1 fully saturated rings. The number of ether oxygens (including phenoxy) is 2. The van der Waals surface area contributed by atoms with E-state index in [2.05, 4.69) is 5.32 Å².